The van der Waals surface area contributed by atoms with Gasteiger partial charge in [0, 0.05) is 6.42 Å². The van der Waals surface area contributed by atoms with Crippen molar-refractivity contribution in [2.75, 3.05) is 12.4 Å². The van der Waals surface area contributed by atoms with E-state index < -0.39 is 6.04 Å². The molecular formula is C13H16N2O3. The van der Waals surface area contributed by atoms with Crippen molar-refractivity contribution in [3.8, 4) is 5.75 Å². The van der Waals surface area contributed by atoms with Gasteiger partial charge in [0.15, 0.2) is 0 Å². The topological polar surface area (TPSA) is 67.4 Å². The van der Waals surface area contributed by atoms with E-state index in [4.69, 9.17) is 4.74 Å². The number of anilines is 1. The summed E-state index contributed by atoms with van der Waals surface area (Å²) in [6.07, 6.45) is 0.946. The summed E-state index contributed by atoms with van der Waals surface area (Å²) >= 11 is 0. The van der Waals surface area contributed by atoms with Crippen LogP contribution in [0.5, 0.6) is 5.75 Å². The van der Waals surface area contributed by atoms with Crippen LogP contribution in [0.2, 0.25) is 0 Å². The number of methoxy groups -OCH3 is 1. The maximum atomic E-state index is 12.0. The summed E-state index contributed by atoms with van der Waals surface area (Å²) in [4.78, 5) is 23.0. The molecule has 0 bridgehead atoms. The molecule has 1 saturated heterocycles. The van der Waals surface area contributed by atoms with Gasteiger partial charge in [-0.1, -0.05) is 6.07 Å². The van der Waals surface area contributed by atoms with Crippen LogP contribution in [0.15, 0.2) is 18.2 Å². The summed E-state index contributed by atoms with van der Waals surface area (Å²) in [7, 11) is 1.55. The number of ether oxygens (including phenoxy) is 1. The second-order valence-corrected chi connectivity index (χ2v) is 4.35. The van der Waals surface area contributed by atoms with E-state index in [0.29, 0.717) is 24.3 Å². The van der Waals surface area contributed by atoms with Gasteiger partial charge in [-0.3, -0.25) is 9.59 Å². The van der Waals surface area contributed by atoms with Crippen LogP contribution in [0.3, 0.4) is 0 Å². The fourth-order valence-corrected chi connectivity index (χ4v) is 1.95. The monoisotopic (exact) mass is 248 g/mol. The molecular weight excluding hydrogens is 232 g/mol. The molecule has 0 spiro atoms. The SMILES string of the molecule is COc1ccc(C)cc1NC(=O)[C@H]1CCC(=O)N1. The molecule has 1 aromatic carbocycles. The number of amides is 2. The van der Waals surface area contributed by atoms with Crippen molar-refractivity contribution in [3.05, 3.63) is 23.8 Å². The van der Waals surface area contributed by atoms with Gasteiger partial charge < -0.3 is 15.4 Å². The highest BCUT2D eigenvalue weighted by atomic mass is 16.5. The van der Waals surface area contributed by atoms with Gasteiger partial charge in [-0.15, -0.1) is 0 Å². The zero-order chi connectivity index (χ0) is 13.1. The number of carbonyl (C=O) groups is 2. The molecule has 1 aromatic rings. The number of nitrogens with one attached hydrogen (secondary N) is 2. The first-order valence-corrected chi connectivity index (χ1v) is 5.85. The smallest absolute Gasteiger partial charge is 0.247 e. The Kier molecular flexibility index (Phi) is 3.50. The minimum Gasteiger partial charge on any atom is -0.495 e. The van der Waals surface area contributed by atoms with E-state index in [2.05, 4.69) is 10.6 Å². The molecule has 2 rings (SSSR count). The Morgan fingerprint density at radius 1 is 1.50 bits per heavy atom. The van der Waals surface area contributed by atoms with Crippen LogP contribution in [-0.2, 0) is 9.59 Å². The third-order valence-electron chi connectivity index (χ3n) is 2.92. The Morgan fingerprint density at radius 3 is 2.89 bits per heavy atom. The molecule has 5 nitrogen and oxygen atoms in total. The third kappa shape index (κ3) is 2.61. The molecule has 96 valence electrons. The van der Waals surface area contributed by atoms with Crippen LogP contribution in [0.25, 0.3) is 0 Å². The predicted molar refractivity (Wildman–Crippen MR) is 67.5 cm³/mol. The lowest BCUT2D eigenvalue weighted by Crippen LogP contribution is -2.37. The van der Waals surface area contributed by atoms with Gasteiger partial charge in [0.1, 0.15) is 11.8 Å². The normalized spacial score (nSPS) is 18.3. The average Bonchev–Trinajstić information content (AvgIpc) is 2.76. The Morgan fingerprint density at radius 2 is 2.28 bits per heavy atom. The first-order valence-electron chi connectivity index (χ1n) is 5.85. The molecule has 0 saturated carbocycles. The summed E-state index contributed by atoms with van der Waals surface area (Å²) in [6.45, 7) is 1.94. The van der Waals surface area contributed by atoms with Crippen molar-refractivity contribution in [2.24, 2.45) is 0 Å². The van der Waals surface area contributed by atoms with Gasteiger partial charge in [-0.2, -0.15) is 0 Å². The van der Waals surface area contributed by atoms with Crippen LogP contribution in [-0.4, -0.2) is 25.0 Å². The number of benzene rings is 1. The number of rotatable bonds is 3. The molecule has 0 unspecified atom stereocenters. The van der Waals surface area contributed by atoms with Gasteiger partial charge in [-0.05, 0) is 31.0 Å². The van der Waals surface area contributed by atoms with E-state index in [9.17, 15) is 9.59 Å². The summed E-state index contributed by atoms with van der Waals surface area (Å²) in [5.41, 5.74) is 1.66. The second-order valence-electron chi connectivity index (χ2n) is 4.35. The van der Waals surface area contributed by atoms with Crippen molar-refractivity contribution in [1.29, 1.82) is 0 Å². The number of carbonyl (C=O) groups excluding carboxylic acids is 2. The van der Waals surface area contributed by atoms with E-state index in [1.165, 1.54) is 0 Å². The molecule has 1 fully saturated rings. The second kappa shape index (κ2) is 5.08. The first kappa shape index (κ1) is 12.4. The molecule has 1 aliphatic heterocycles. The predicted octanol–water partition coefficient (Wildman–Crippen LogP) is 1.22. The minimum absolute atomic E-state index is 0.0774. The Bertz CT molecular complexity index is 485. The highest BCUT2D eigenvalue weighted by molar-refractivity contribution is 5.99. The molecule has 0 aromatic heterocycles. The zero-order valence-corrected chi connectivity index (χ0v) is 10.4. The molecule has 1 heterocycles. The maximum absolute atomic E-state index is 12.0. The summed E-state index contributed by atoms with van der Waals surface area (Å²) in [6, 6.07) is 5.11. The van der Waals surface area contributed by atoms with Gasteiger partial charge in [-0.25, -0.2) is 0 Å². The molecule has 2 N–H and O–H groups in total. The Balaban J connectivity index is 2.11. The van der Waals surface area contributed by atoms with E-state index in [1.54, 1.807) is 13.2 Å². The molecule has 0 aliphatic carbocycles. The van der Waals surface area contributed by atoms with Crippen molar-refractivity contribution in [1.82, 2.24) is 5.32 Å². The minimum atomic E-state index is -0.442. The first-order chi connectivity index (χ1) is 8.60. The van der Waals surface area contributed by atoms with Crippen LogP contribution < -0.4 is 15.4 Å². The Hall–Kier alpha value is -2.04. The van der Waals surface area contributed by atoms with Crippen molar-refractivity contribution >= 4 is 17.5 Å². The van der Waals surface area contributed by atoms with E-state index in [-0.39, 0.29) is 11.8 Å². The van der Waals surface area contributed by atoms with Crippen molar-refractivity contribution in [3.63, 3.8) is 0 Å². The van der Waals surface area contributed by atoms with E-state index in [1.807, 2.05) is 19.1 Å². The van der Waals surface area contributed by atoms with E-state index >= 15 is 0 Å². The van der Waals surface area contributed by atoms with Crippen LogP contribution >= 0.6 is 0 Å². The van der Waals surface area contributed by atoms with Gasteiger partial charge in [0.05, 0.1) is 12.8 Å². The Labute approximate surface area is 106 Å². The zero-order valence-electron chi connectivity index (χ0n) is 10.4. The van der Waals surface area contributed by atoms with Crippen LogP contribution in [0.4, 0.5) is 5.69 Å². The molecule has 0 radical (unpaired) electrons. The van der Waals surface area contributed by atoms with Crippen molar-refractivity contribution in [2.45, 2.75) is 25.8 Å². The summed E-state index contributed by atoms with van der Waals surface area (Å²) < 4.78 is 5.18. The average molecular weight is 248 g/mol. The van der Waals surface area contributed by atoms with Gasteiger partial charge >= 0.3 is 0 Å². The number of aryl methyl sites for hydroxylation is 1. The summed E-state index contributed by atoms with van der Waals surface area (Å²) in [5.74, 6) is 0.328. The van der Waals surface area contributed by atoms with Gasteiger partial charge in [0.25, 0.3) is 0 Å². The number of hydrogen-bond donors (Lipinski definition) is 2. The number of hydrogen-bond acceptors (Lipinski definition) is 3. The molecule has 2 amide bonds. The largest absolute Gasteiger partial charge is 0.495 e. The fourth-order valence-electron chi connectivity index (χ4n) is 1.95. The van der Waals surface area contributed by atoms with E-state index in [0.717, 1.165) is 5.56 Å². The lowest BCUT2D eigenvalue weighted by atomic mass is 10.1. The fraction of sp³-hybridized carbons (Fsp3) is 0.385. The van der Waals surface area contributed by atoms with Crippen LogP contribution in [0, 0.1) is 6.92 Å². The summed E-state index contributed by atoms with van der Waals surface area (Å²) in [5, 5.41) is 5.42. The maximum Gasteiger partial charge on any atom is 0.247 e. The van der Waals surface area contributed by atoms with Gasteiger partial charge in [0.2, 0.25) is 11.8 Å². The quantitative estimate of drug-likeness (QED) is 0.845. The van der Waals surface area contributed by atoms with Crippen molar-refractivity contribution < 1.29 is 14.3 Å². The molecule has 1 atom stereocenters. The third-order valence-corrected chi connectivity index (χ3v) is 2.92. The van der Waals surface area contributed by atoms with Crippen LogP contribution in [0.1, 0.15) is 18.4 Å². The standard InChI is InChI=1S/C13H16N2O3/c1-8-3-5-11(18-2)10(7-8)15-13(17)9-4-6-12(16)14-9/h3,5,7,9H,4,6H2,1-2H3,(H,14,16)(H,15,17)/t9-/m1/s1. The molecule has 5 heteroatoms. The lowest BCUT2D eigenvalue weighted by Gasteiger charge is -2.14. The highest BCUT2D eigenvalue weighted by Crippen LogP contribution is 2.25. The lowest BCUT2D eigenvalue weighted by molar-refractivity contribution is -0.122. The molecule has 18 heavy (non-hydrogen) atoms. The highest BCUT2D eigenvalue weighted by Gasteiger charge is 2.27. The molecule has 1 aliphatic rings.